The number of carbonyl (C=O) groups excluding carboxylic acids is 1. The lowest BCUT2D eigenvalue weighted by atomic mass is 9.81. The predicted molar refractivity (Wildman–Crippen MR) is 109 cm³/mol. The van der Waals surface area contributed by atoms with Gasteiger partial charge in [-0.3, -0.25) is 14.7 Å². The number of aliphatic hydroxyl groups excluding tert-OH is 1. The van der Waals surface area contributed by atoms with Crippen LogP contribution in [0.15, 0.2) is 48.7 Å². The van der Waals surface area contributed by atoms with Gasteiger partial charge < -0.3 is 10.0 Å². The molecule has 5 nitrogen and oxygen atoms in total. The van der Waals surface area contributed by atoms with E-state index in [1.165, 1.54) is 11.1 Å². The Morgan fingerprint density at radius 2 is 1.96 bits per heavy atom. The van der Waals surface area contributed by atoms with Crippen molar-refractivity contribution in [3.63, 3.8) is 0 Å². The van der Waals surface area contributed by atoms with E-state index in [-0.39, 0.29) is 23.8 Å². The topological polar surface area (TPSA) is 56.7 Å². The minimum atomic E-state index is -0.402. The number of amides is 1. The second kappa shape index (κ2) is 8.02. The van der Waals surface area contributed by atoms with Crippen LogP contribution in [-0.2, 0) is 11.3 Å². The van der Waals surface area contributed by atoms with E-state index >= 15 is 0 Å². The summed E-state index contributed by atoms with van der Waals surface area (Å²) >= 11 is 0. The van der Waals surface area contributed by atoms with E-state index in [0.717, 1.165) is 18.8 Å². The van der Waals surface area contributed by atoms with Crippen LogP contribution >= 0.6 is 0 Å². The Labute approximate surface area is 167 Å². The largest absolute Gasteiger partial charge is 0.393 e. The van der Waals surface area contributed by atoms with E-state index in [4.69, 9.17) is 0 Å². The summed E-state index contributed by atoms with van der Waals surface area (Å²) in [5.74, 6) is 0.490. The zero-order valence-electron chi connectivity index (χ0n) is 16.7. The summed E-state index contributed by atoms with van der Waals surface area (Å²) in [4.78, 5) is 20.9. The fraction of sp³-hybridized carbons (Fsp3) is 0.478. The Hall–Kier alpha value is -2.24. The van der Waals surface area contributed by atoms with Gasteiger partial charge in [0.2, 0.25) is 5.91 Å². The molecule has 0 radical (unpaired) electrons. The molecule has 4 rings (SSSR count). The van der Waals surface area contributed by atoms with Crippen LogP contribution in [0.2, 0.25) is 0 Å². The molecule has 2 aromatic rings. The molecule has 0 saturated carbocycles. The Bertz CT molecular complexity index is 808. The number of nitrogens with zero attached hydrogens (tertiary/aromatic N) is 3. The molecule has 4 atom stereocenters. The average molecular weight is 380 g/mol. The van der Waals surface area contributed by atoms with Crippen molar-refractivity contribution >= 4 is 5.91 Å². The Morgan fingerprint density at radius 1 is 1.18 bits per heavy atom. The molecule has 2 saturated heterocycles. The summed E-state index contributed by atoms with van der Waals surface area (Å²) in [6.45, 7) is 6.61. The van der Waals surface area contributed by atoms with Gasteiger partial charge in [-0.1, -0.05) is 36.4 Å². The molecule has 5 heteroatoms. The van der Waals surface area contributed by atoms with Crippen molar-refractivity contribution in [3.05, 3.63) is 65.5 Å². The van der Waals surface area contributed by atoms with Crippen molar-refractivity contribution in [3.8, 4) is 0 Å². The van der Waals surface area contributed by atoms with Gasteiger partial charge in [-0.2, -0.15) is 0 Å². The van der Waals surface area contributed by atoms with Gasteiger partial charge in [-0.25, -0.2) is 0 Å². The van der Waals surface area contributed by atoms with Crippen molar-refractivity contribution in [1.82, 2.24) is 14.8 Å². The number of rotatable bonds is 3. The fourth-order valence-corrected chi connectivity index (χ4v) is 4.90. The number of benzene rings is 1. The smallest absolute Gasteiger partial charge is 0.219 e. The number of hydrogen-bond donors (Lipinski definition) is 1. The summed E-state index contributed by atoms with van der Waals surface area (Å²) in [6.07, 6.45) is 2.18. The maximum Gasteiger partial charge on any atom is 0.219 e. The van der Waals surface area contributed by atoms with Crippen LogP contribution in [0, 0.1) is 12.8 Å². The van der Waals surface area contributed by atoms with E-state index < -0.39 is 6.10 Å². The van der Waals surface area contributed by atoms with Gasteiger partial charge in [0.25, 0.3) is 0 Å². The van der Waals surface area contributed by atoms with E-state index in [1.807, 2.05) is 30.2 Å². The number of aryl methyl sites for hydroxylation is 1. The van der Waals surface area contributed by atoms with Crippen molar-refractivity contribution in [2.24, 2.45) is 5.92 Å². The van der Waals surface area contributed by atoms with Crippen molar-refractivity contribution in [2.75, 3.05) is 19.6 Å². The number of hydrogen-bond acceptors (Lipinski definition) is 4. The molecule has 3 heterocycles. The monoisotopic (exact) mass is 379 g/mol. The summed E-state index contributed by atoms with van der Waals surface area (Å²) < 4.78 is 0. The van der Waals surface area contributed by atoms with Crippen LogP contribution in [0.4, 0.5) is 0 Å². The van der Waals surface area contributed by atoms with E-state index in [9.17, 15) is 9.90 Å². The first-order valence-electron chi connectivity index (χ1n) is 10.2. The molecule has 0 bridgehead atoms. The van der Waals surface area contributed by atoms with Crippen molar-refractivity contribution in [2.45, 2.75) is 44.9 Å². The molecular weight excluding hydrogens is 350 g/mol. The highest BCUT2D eigenvalue weighted by Gasteiger charge is 2.47. The molecule has 2 fully saturated rings. The first kappa shape index (κ1) is 19.1. The van der Waals surface area contributed by atoms with Crippen LogP contribution in [0.25, 0.3) is 0 Å². The third-order valence-electron chi connectivity index (χ3n) is 6.39. The molecule has 1 N–H and O–H groups in total. The van der Waals surface area contributed by atoms with Crippen molar-refractivity contribution < 1.29 is 9.90 Å². The lowest BCUT2D eigenvalue weighted by Gasteiger charge is -2.31. The highest BCUT2D eigenvalue weighted by atomic mass is 16.3. The van der Waals surface area contributed by atoms with Crippen LogP contribution < -0.4 is 0 Å². The molecular formula is C23H29N3O2. The summed E-state index contributed by atoms with van der Waals surface area (Å²) in [5.41, 5.74) is 3.46. The van der Waals surface area contributed by atoms with E-state index in [2.05, 4.69) is 40.2 Å². The van der Waals surface area contributed by atoms with Crippen LogP contribution in [0.5, 0.6) is 0 Å². The number of carbonyl (C=O) groups is 1. The highest BCUT2D eigenvalue weighted by molar-refractivity contribution is 5.73. The maximum absolute atomic E-state index is 12.1. The highest BCUT2D eigenvalue weighted by Crippen LogP contribution is 2.42. The molecule has 28 heavy (non-hydrogen) atoms. The molecule has 0 spiro atoms. The minimum Gasteiger partial charge on any atom is -0.393 e. The van der Waals surface area contributed by atoms with Gasteiger partial charge in [-0.15, -0.1) is 0 Å². The first-order valence-corrected chi connectivity index (χ1v) is 10.2. The quantitative estimate of drug-likeness (QED) is 0.891. The normalized spacial score (nSPS) is 28.0. The zero-order chi connectivity index (χ0) is 19.7. The average Bonchev–Trinajstić information content (AvgIpc) is 2.95. The van der Waals surface area contributed by atoms with Gasteiger partial charge in [0.1, 0.15) is 0 Å². The lowest BCUT2D eigenvalue weighted by molar-refractivity contribution is -0.129. The Balaban J connectivity index is 1.66. The first-order chi connectivity index (χ1) is 13.5. The van der Waals surface area contributed by atoms with Crippen LogP contribution in [-0.4, -0.2) is 57.6 Å². The Kier molecular flexibility index (Phi) is 5.47. The molecule has 1 aromatic carbocycles. The molecule has 0 unspecified atom stereocenters. The SMILES string of the molecule is CC(=O)N1CC[C@@H](O)[C@@H]2[C@@H](C1)N(Cc1ccc(C)nc1)C[C@H]2c1ccccc1. The maximum atomic E-state index is 12.1. The Morgan fingerprint density at radius 3 is 2.64 bits per heavy atom. The summed E-state index contributed by atoms with van der Waals surface area (Å²) in [5, 5.41) is 11.0. The minimum absolute atomic E-state index is 0.0907. The van der Waals surface area contributed by atoms with Gasteiger partial charge >= 0.3 is 0 Å². The molecule has 1 aromatic heterocycles. The third kappa shape index (κ3) is 3.82. The summed E-state index contributed by atoms with van der Waals surface area (Å²) in [7, 11) is 0. The number of fused-ring (bicyclic) bond motifs is 1. The molecule has 2 aliphatic heterocycles. The van der Waals surface area contributed by atoms with Crippen LogP contribution in [0.1, 0.15) is 36.1 Å². The third-order valence-corrected chi connectivity index (χ3v) is 6.39. The molecule has 1 amide bonds. The zero-order valence-corrected chi connectivity index (χ0v) is 16.7. The lowest BCUT2D eigenvalue weighted by Crippen LogP contribution is -2.44. The van der Waals surface area contributed by atoms with Crippen LogP contribution in [0.3, 0.4) is 0 Å². The standard InChI is InChI=1S/C23H29N3O2/c1-16-8-9-18(12-24-16)13-26-14-20(19-6-4-3-5-7-19)23-21(26)15-25(17(2)27)11-10-22(23)28/h3-9,12,20-23,28H,10-11,13-15H2,1-2H3/t20-,21+,22+,23-/m0/s1. The van der Waals surface area contributed by atoms with Gasteiger partial charge in [-0.05, 0) is 30.5 Å². The number of aliphatic hydroxyl groups is 1. The van der Waals surface area contributed by atoms with Crippen molar-refractivity contribution in [1.29, 1.82) is 0 Å². The van der Waals surface area contributed by atoms with E-state index in [1.54, 1.807) is 6.92 Å². The van der Waals surface area contributed by atoms with Gasteiger partial charge in [0.05, 0.1) is 6.10 Å². The predicted octanol–water partition coefficient (Wildman–Crippen LogP) is 2.59. The number of likely N-dealkylation sites (tertiary alicyclic amines) is 2. The molecule has 2 aliphatic rings. The number of pyridine rings is 1. The van der Waals surface area contributed by atoms with E-state index in [0.29, 0.717) is 19.5 Å². The fourth-order valence-electron chi connectivity index (χ4n) is 4.90. The second-order valence-corrected chi connectivity index (χ2v) is 8.22. The second-order valence-electron chi connectivity index (χ2n) is 8.22. The summed E-state index contributed by atoms with van der Waals surface area (Å²) in [6, 6.07) is 14.8. The van der Waals surface area contributed by atoms with Gasteiger partial charge in [0, 0.05) is 62.9 Å². The van der Waals surface area contributed by atoms with Gasteiger partial charge in [0.15, 0.2) is 0 Å². The number of aromatic nitrogens is 1. The molecule has 148 valence electrons. The molecule has 0 aliphatic carbocycles.